The summed E-state index contributed by atoms with van der Waals surface area (Å²) >= 11 is 1.39. The summed E-state index contributed by atoms with van der Waals surface area (Å²) in [6.07, 6.45) is 2.34. The molecule has 1 aliphatic rings. The van der Waals surface area contributed by atoms with Crippen LogP contribution in [0.2, 0.25) is 0 Å². The molecule has 0 bridgehead atoms. The van der Waals surface area contributed by atoms with Crippen LogP contribution in [0.1, 0.15) is 38.4 Å². The van der Waals surface area contributed by atoms with Crippen molar-refractivity contribution in [3.8, 4) is 5.69 Å². The fourth-order valence-electron chi connectivity index (χ4n) is 2.22. The number of amides is 1. The molecule has 1 aliphatic carbocycles. The van der Waals surface area contributed by atoms with Crippen molar-refractivity contribution in [1.29, 1.82) is 0 Å². The minimum Gasteiger partial charge on any atom is -0.353 e. The summed E-state index contributed by atoms with van der Waals surface area (Å²) in [5, 5.41) is 8.13. The van der Waals surface area contributed by atoms with Gasteiger partial charge in [0.15, 0.2) is 0 Å². The highest BCUT2D eigenvalue weighted by atomic mass is 32.2. The predicted octanol–water partition coefficient (Wildman–Crippen LogP) is 2.76. The number of para-hydroxylation sites is 1. The van der Waals surface area contributed by atoms with E-state index < -0.39 is 0 Å². The number of benzene rings is 1. The van der Waals surface area contributed by atoms with Gasteiger partial charge in [0.25, 0.3) is 0 Å². The number of aromatic nitrogens is 3. The molecule has 3 rings (SSSR count). The van der Waals surface area contributed by atoms with Crippen LogP contribution in [0.5, 0.6) is 0 Å². The normalized spacial score (nSPS) is 14.3. The largest absolute Gasteiger partial charge is 0.353 e. The van der Waals surface area contributed by atoms with E-state index >= 15 is 0 Å². The zero-order valence-electron chi connectivity index (χ0n) is 12.8. The molecule has 22 heavy (non-hydrogen) atoms. The molecule has 0 spiro atoms. The van der Waals surface area contributed by atoms with E-state index in [1.54, 1.807) is 0 Å². The quantitative estimate of drug-likeness (QED) is 0.833. The van der Waals surface area contributed by atoms with Gasteiger partial charge < -0.3 is 5.32 Å². The Kier molecular flexibility index (Phi) is 4.47. The molecular formula is C16H20N4OS. The van der Waals surface area contributed by atoms with Crippen molar-refractivity contribution < 1.29 is 4.79 Å². The molecule has 0 aliphatic heterocycles. The van der Waals surface area contributed by atoms with Gasteiger partial charge in [-0.3, -0.25) is 4.79 Å². The van der Waals surface area contributed by atoms with E-state index in [9.17, 15) is 4.79 Å². The Balaban J connectivity index is 1.75. The monoisotopic (exact) mass is 316 g/mol. The zero-order valence-corrected chi connectivity index (χ0v) is 13.6. The van der Waals surface area contributed by atoms with Crippen molar-refractivity contribution in [2.75, 3.05) is 5.75 Å². The number of carbonyl (C=O) groups is 1. The second-order valence-corrected chi connectivity index (χ2v) is 6.73. The molecule has 1 heterocycles. The Bertz CT molecular complexity index is 649. The molecule has 1 fully saturated rings. The van der Waals surface area contributed by atoms with Crippen molar-refractivity contribution in [3.05, 3.63) is 36.2 Å². The van der Waals surface area contributed by atoms with Crippen LogP contribution in [0.25, 0.3) is 5.69 Å². The lowest BCUT2D eigenvalue weighted by Gasteiger charge is -2.06. The number of carbonyl (C=O) groups excluding carboxylic acids is 1. The second kappa shape index (κ2) is 6.52. The number of thioether (sulfide) groups is 1. The first-order chi connectivity index (χ1) is 10.6. The Morgan fingerprint density at radius 3 is 2.73 bits per heavy atom. The first kappa shape index (κ1) is 15.1. The van der Waals surface area contributed by atoms with Crippen LogP contribution in [-0.2, 0) is 4.79 Å². The fraction of sp³-hybridized carbons (Fsp3) is 0.438. The van der Waals surface area contributed by atoms with E-state index in [1.807, 2.05) is 48.9 Å². The third-order valence-electron chi connectivity index (χ3n) is 3.34. The summed E-state index contributed by atoms with van der Waals surface area (Å²) in [6.45, 7) is 3.91. The molecule has 1 N–H and O–H groups in total. The predicted molar refractivity (Wildman–Crippen MR) is 87.3 cm³/mol. The van der Waals surface area contributed by atoms with Crippen LogP contribution in [0.3, 0.4) is 0 Å². The Morgan fingerprint density at radius 1 is 1.36 bits per heavy atom. The van der Waals surface area contributed by atoms with E-state index in [0.29, 0.717) is 16.8 Å². The van der Waals surface area contributed by atoms with Gasteiger partial charge in [-0.25, -0.2) is 9.67 Å². The highest BCUT2D eigenvalue weighted by Crippen LogP contribution is 2.40. The Morgan fingerprint density at radius 2 is 2.09 bits per heavy atom. The number of nitrogens with one attached hydrogen (secondary N) is 1. The summed E-state index contributed by atoms with van der Waals surface area (Å²) in [4.78, 5) is 16.4. The smallest absolute Gasteiger partial charge is 0.230 e. The van der Waals surface area contributed by atoms with Crippen LogP contribution < -0.4 is 5.32 Å². The second-order valence-electron chi connectivity index (χ2n) is 5.79. The molecule has 6 heteroatoms. The van der Waals surface area contributed by atoms with Crippen molar-refractivity contribution in [3.63, 3.8) is 0 Å². The molecule has 0 saturated heterocycles. The first-order valence-corrected chi connectivity index (χ1v) is 8.56. The van der Waals surface area contributed by atoms with Gasteiger partial charge in [0.2, 0.25) is 11.1 Å². The highest BCUT2D eigenvalue weighted by molar-refractivity contribution is 7.99. The van der Waals surface area contributed by atoms with E-state index in [2.05, 4.69) is 15.4 Å². The summed E-state index contributed by atoms with van der Waals surface area (Å²) in [6, 6.07) is 10.2. The number of nitrogens with zero attached hydrogens (tertiary/aromatic N) is 3. The van der Waals surface area contributed by atoms with Gasteiger partial charge in [0.05, 0.1) is 11.4 Å². The molecular weight excluding hydrogens is 296 g/mol. The summed E-state index contributed by atoms with van der Waals surface area (Å²) in [5.41, 5.74) is 1.02. The Labute approximate surface area is 134 Å². The maximum atomic E-state index is 11.7. The fourth-order valence-corrected chi connectivity index (χ4v) is 2.87. The van der Waals surface area contributed by atoms with Gasteiger partial charge >= 0.3 is 0 Å². The van der Waals surface area contributed by atoms with E-state index in [0.717, 1.165) is 11.5 Å². The zero-order chi connectivity index (χ0) is 15.5. The van der Waals surface area contributed by atoms with Crippen LogP contribution in [0.15, 0.2) is 35.5 Å². The average Bonchev–Trinajstić information content (AvgIpc) is 3.25. The van der Waals surface area contributed by atoms with Gasteiger partial charge in [-0.05, 0) is 38.8 Å². The van der Waals surface area contributed by atoms with Gasteiger partial charge in [-0.2, -0.15) is 0 Å². The maximum Gasteiger partial charge on any atom is 0.230 e. The summed E-state index contributed by atoms with van der Waals surface area (Å²) in [7, 11) is 0. The summed E-state index contributed by atoms with van der Waals surface area (Å²) < 4.78 is 1.92. The van der Waals surface area contributed by atoms with E-state index in [1.165, 1.54) is 24.6 Å². The molecule has 1 saturated carbocycles. The maximum absolute atomic E-state index is 11.7. The standard InChI is InChI=1S/C16H20N4OS/c1-11(2)17-14(21)10-22-16-18-15(12-8-9-12)20(19-16)13-6-4-3-5-7-13/h3-7,11-12H,8-10H2,1-2H3,(H,17,21). The number of rotatable bonds is 6. The molecule has 0 atom stereocenters. The van der Waals surface area contributed by atoms with Crippen LogP contribution in [-0.4, -0.2) is 32.5 Å². The Hall–Kier alpha value is -1.82. The number of hydrogen-bond donors (Lipinski definition) is 1. The van der Waals surface area contributed by atoms with Gasteiger partial charge in [0, 0.05) is 12.0 Å². The lowest BCUT2D eigenvalue weighted by atomic mass is 10.3. The van der Waals surface area contributed by atoms with Crippen LogP contribution >= 0.6 is 11.8 Å². The molecule has 2 aromatic rings. The molecule has 1 aromatic heterocycles. The number of hydrogen-bond acceptors (Lipinski definition) is 4. The van der Waals surface area contributed by atoms with E-state index in [4.69, 9.17) is 0 Å². The first-order valence-electron chi connectivity index (χ1n) is 7.58. The van der Waals surface area contributed by atoms with Crippen LogP contribution in [0, 0.1) is 0 Å². The molecule has 1 aromatic carbocycles. The summed E-state index contributed by atoms with van der Waals surface area (Å²) in [5.74, 6) is 1.88. The molecule has 0 unspecified atom stereocenters. The molecule has 5 nitrogen and oxygen atoms in total. The topological polar surface area (TPSA) is 59.8 Å². The van der Waals surface area contributed by atoms with Gasteiger partial charge in [0.1, 0.15) is 5.82 Å². The van der Waals surface area contributed by atoms with Crippen molar-refractivity contribution in [2.24, 2.45) is 0 Å². The van der Waals surface area contributed by atoms with Gasteiger partial charge in [-0.1, -0.05) is 30.0 Å². The lowest BCUT2D eigenvalue weighted by molar-refractivity contribution is -0.119. The van der Waals surface area contributed by atoms with E-state index in [-0.39, 0.29) is 11.9 Å². The third-order valence-corrected chi connectivity index (χ3v) is 4.18. The van der Waals surface area contributed by atoms with Crippen LogP contribution in [0.4, 0.5) is 0 Å². The average molecular weight is 316 g/mol. The lowest BCUT2D eigenvalue weighted by Crippen LogP contribution is -2.31. The molecule has 0 radical (unpaired) electrons. The SMILES string of the molecule is CC(C)NC(=O)CSc1nc(C2CC2)n(-c2ccccc2)n1. The minimum atomic E-state index is 0.0176. The van der Waals surface area contributed by atoms with Crippen molar-refractivity contribution >= 4 is 17.7 Å². The van der Waals surface area contributed by atoms with Crippen molar-refractivity contribution in [2.45, 2.75) is 43.8 Å². The highest BCUT2D eigenvalue weighted by Gasteiger charge is 2.30. The van der Waals surface area contributed by atoms with Crippen molar-refractivity contribution in [1.82, 2.24) is 20.1 Å². The molecule has 1 amide bonds. The third kappa shape index (κ3) is 3.68. The molecule has 116 valence electrons. The minimum absolute atomic E-state index is 0.0176. The van der Waals surface area contributed by atoms with Gasteiger partial charge in [-0.15, -0.1) is 5.10 Å².